The van der Waals surface area contributed by atoms with Crippen LogP contribution in [0.3, 0.4) is 0 Å². The number of aryl methyl sites for hydroxylation is 2. The van der Waals surface area contributed by atoms with Gasteiger partial charge in [-0.2, -0.15) is 0 Å². The number of benzene rings is 3. The van der Waals surface area contributed by atoms with Gasteiger partial charge in [-0.3, -0.25) is 4.79 Å². The molecule has 0 saturated carbocycles. The fourth-order valence-electron chi connectivity index (χ4n) is 2.71. The number of rotatable bonds is 3. The predicted molar refractivity (Wildman–Crippen MR) is 94.4 cm³/mol. The molecule has 0 aromatic heterocycles. The van der Waals surface area contributed by atoms with Gasteiger partial charge in [0.2, 0.25) is 0 Å². The van der Waals surface area contributed by atoms with Gasteiger partial charge in [-0.15, -0.1) is 0 Å². The summed E-state index contributed by atoms with van der Waals surface area (Å²) in [6.45, 7) is 4.02. The van der Waals surface area contributed by atoms with Crippen LogP contribution in [0.4, 0.5) is 5.69 Å². The Hall–Kier alpha value is -2.81. The van der Waals surface area contributed by atoms with E-state index in [1.54, 1.807) is 7.11 Å². The third kappa shape index (κ3) is 3.04. The van der Waals surface area contributed by atoms with Gasteiger partial charge in [0.25, 0.3) is 5.91 Å². The minimum Gasteiger partial charge on any atom is -0.496 e. The lowest BCUT2D eigenvalue weighted by atomic mass is 10.0. The molecule has 3 rings (SSSR count). The normalized spacial score (nSPS) is 10.6. The SMILES string of the molecule is COc1cc2ccccc2cc1C(=O)Nc1ccc(C)cc1C. The molecule has 0 aliphatic rings. The maximum atomic E-state index is 12.7. The Kier molecular flexibility index (Phi) is 4.02. The molecule has 3 nitrogen and oxygen atoms in total. The van der Waals surface area contributed by atoms with E-state index in [-0.39, 0.29) is 5.91 Å². The largest absolute Gasteiger partial charge is 0.496 e. The van der Waals surface area contributed by atoms with Crippen LogP contribution in [0.1, 0.15) is 21.5 Å². The smallest absolute Gasteiger partial charge is 0.259 e. The second-order valence-electron chi connectivity index (χ2n) is 5.67. The molecule has 0 aliphatic carbocycles. The standard InChI is InChI=1S/C20H19NO2/c1-13-8-9-18(14(2)10-13)21-20(22)17-11-15-6-4-5-7-16(15)12-19(17)23-3/h4-12H,1-3H3,(H,21,22). The Balaban J connectivity index is 1.99. The fourth-order valence-corrected chi connectivity index (χ4v) is 2.71. The van der Waals surface area contributed by atoms with Gasteiger partial charge in [0.1, 0.15) is 5.75 Å². The van der Waals surface area contributed by atoms with Crippen molar-refractivity contribution >= 4 is 22.4 Å². The monoisotopic (exact) mass is 305 g/mol. The average Bonchev–Trinajstić information content (AvgIpc) is 2.56. The Morgan fingerprint density at radius 3 is 2.30 bits per heavy atom. The van der Waals surface area contributed by atoms with Crippen LogP contribution >= 0.6 is 0 Å². The molecule has 3 aromatic carbocycles. The van der Waals surface area contributed by atoms with E-state index in [2.05, 4.69) is 5.32 Å². The summed E-state index contributed by atoms with van der Waals surface area (Å²) in [4.78, 5) is 12.7. The van der Waals surface area contributed by atoms with Crippen molar-refractivity contribution in [2.75, 3.05) is 12.4 Å². The molecule has 0 spiro atoms. The number of fused-ring (bicyclic) bond motifs is 1. The number of anilines is 1. The second-order valence-corrected chi connectivity index (χ2v) is 5.67. The highest BCUT2D eigenvalue weighted by atomic mass is 16.5. The summed E-state index contributed by atoms with van der Waals surface area (Å²) in [5.74, 6) is 0.408. The summed E-state index contributed by atoms with van der Waals surface area (Å²) in [6, 6.07) is 17.6. The first-order valence-corrected chi connectivity index (χ1v) is 7.54. The quantitative estimate of drug-likeness (QED) is 0.760. The number of nitrogens with one attached hydrogen (secondary N) is 1. The van der Waals surface area contributed by atoms with Crippen molar-refractivity contribution in [2.45, 2.75) is 13.8 Å². The van der Waals surface area contributed by atoms with E-state index < -0.39 is 0 Å². The van der Waals surface area contributed by atoms with E-state index in [1.165, 1.54) is 5.56 Å². The van der Waals surface area contributed by atoms with Crippen LogP contribution in [0.15, 0.2) is 54.6 Å². The highest BCUT2D eigenvalue weighted by Crippen LogP contribution is 2.27. The number of carbonyl (C=O) groups excluding carboxylic acids is 1. The fraction of sp³-hybridized carbons (Fsp3) is 0.150. The lowest BCUT2D eigenvalue weighted by Gasteiger charge is -2.13. The molecule has 3 aromatic rings. The average molecular weight is 305 g/mol. The first kappa shape index (κ1) is 15.1. The van der Waals surface area contributed by atoms with Gasteiger partial charge in [0, 0.05) is 5.69 Å². The van der Waals surface area contributed by atoms with Crippen molar-refractivity contribution in [1.82, 2.24) is 0 Å². The first-order chi connectivity index (χ1) is 11.1. The van der Waals surface area contributed by atoms with E-state index in [0.717, 1.165) is 22.0 Å². The van der Waals surface area contributed by atoms with Crippen molar-refractivity contribution in [3.63, 3.8) is 0 Å². The van der Waals surface area contributed by atoms with Crippen molar-refractivity contribution < 1.29 is 9.53 Å². The molecule has 0 radical (unpaired) electrons. The van der Waals surface area contributed by atoms with Crippen LogP contribution in [-0.4, -0.2) is 13.0 Å². The maximum absolute atomic E-state index is 12.7. The Morgan fingerprint density at radius 1 is 0.957 bits per heavy atom. The van der Waals surface area contributed by atoms with Crippen LogP contribution in [0.25, 0.3) is 10.8 Å². The molecule has 116 valence electrons. The number of methoxy groups -OCH3 is 1. The van der Waals surface area contributed by atoms with Gasteiger partial charge in [0.05, 0.1) is 12.7 Å². The molecule has 23 heavy (non-hydrogen) atoms. The van der Waals surface area contributed by atoms with Crippen LogP contribution < -0.4 is 10.1 Å². The molecule has 0 bridgehead atoms. The van der Waals surface area contributed by atoms with Crippen molar-refractivity contribution in [3.05, 3.63) is 71.3 Å². The van der Waals surface area contributed by atoms with Crippen LogP contribution in [-0.2, 0) is 0 Å². The van der Waals surface area contributed by atoms with Gasteiger partial charge < -0.3 is 10.1 Å². The van der Waals surface area contributed by atoms with Crippen LogP contribution in [0, 0.1) is 13.8 Å². The number of hydrogen-bond acceptors (Lipinski definition) is 2. The molecule has 0 fully saturated rings. The van der Waals surface area contributed by atoms with E-state index in [9.17, 15) is 4.79 Å². The van der Waals surface area contributed by atoms with E-state index >= 15 is 0 Å². The summed E-state index contributed by atoms with van der Waals surface area (Å²) < 4.78 is 5.40. The van der Waals surface area contributed by atoms with Crippen LogP contribution in [0.5, 0.6) is 5.75 Å². The highest BCUT2D eigenvalue weighted by molar-refractivity contribution is 6.09. The molecule has 0 unspecified atom stereocenters. The summed E-state index contributed by atoms with van der Waals surface area (Å²) in [6.07, 6.45) is 0. The molecule has 0 heterocycles. The third-order valence-corrected chi connectivity index (χ3v) is 3.94. The number of carbonyl (C=O) groups is 1. The second kappa shape index (κ2) is 6.13. The lowest BCUT2D eigenvalue weighted by Crippen LogP contribution is -2.14. The van der Waals surface area contributed by atoms with E-state index in [0.29, 0.717) is 11.3 Å². The summed E-state index contributed by atoms with van der Waals surface area (Å²) >= 11 is 0. The molecule has 1 N–H and O–H groups in total. The molecular weight excluding hydrogens is 286 g/mol. The Bertz CT molecular complexity index is 884. The van der Waals surface area contributed by atoms with Gasteiger partial charge in [0.15, 0.2) is 0 Å². The third-order valence-electron chi connectivity index (χ3n) is 3.94. The molecule has 0 saturated heterocycles. The molecule has 0 atom stereocenters. The minimum atomic E-state index is -0.167. The van der Waals surface area contributed by atoms with Crippen molar-refractivity contribution in [3.8, 4) is 5.75 Å². The summed E-state index contributed by atoms with van der Waals surface area (Å²) in [5.41, 5.74) is 3.56. The molecule has 1 amide bonds. The molecular formula is C20H19NO2. The Morgan fingerprint density at radius 2 is 1.65 bits per heavy atom. The van der Waals surface area contributed by atoms with Crippen molar-refractivity contribution in [2.24, 2.45) is 0 Å². The van der Waals surface area contributed by atoms with Gasteiger partial charge in [-0.25, -0.2) is 0 Å². The van der Waals surface area contributed by atoms with E-state index in [4.69, 9.17) is 4.74 Å². The van der Waals surface area contributed by atoms with E-state index in [1.807, 2.05) is 68.4 Å². The summed E-state index contributed by atoms with van der Waals surface area (Å²) in [7, 11) is 1.58. The number of amides is 1. The van der Waals surface area contributed by atoms with Crippen molar-refractivity contribution in [1.29, 1.82) is 0 Å². The number of hydrogen-bond donors (Lipinski definition) is 1. The maximum Gasteiger partial charge on any atom is 0.259 e. The van der Waals surface area contributed by atoms with Crippen LogP contribution in [0.2, 0.25) is 0 Å². The zero-order chi connectivity index (χ0) is 16.4. The van der Waals surface area contributed by atoms with Gasteiger partial charge >= 0.3 is 0 Å². The summed E-state index contributed by atoms with van der Waals surface area (Å²) in [5, 5.41) is 5.04. The first-order valence-electron chi connectivity index (χ1n) is 7.54. The lowest BCUT2D eigenvalue weighted by molar-refractivity contribution is 0.102. The topological polar surface area (TPSA) is 38.3 Å². The Labute approximate surface area is 135 Å². The predicted octanol–water partition coefficient (Wildman–Crippen LogP) is 4.72. The number of ether oxygens (including phenoxy) is 1. The highest BCUT2D eigenvalue weighted by Gasteiger charge is 2.14. The molecule has 0 aliphatic heterocycles. The van der Waals surface area contributed by atoms with Gasteiger partial charge in [-0.1, -0.05) is 42.0 Å². The van der Waals surface area contributed by atoms with Gasteiger partial charge in [-0.05, 0) is 48.4 Å². The zero-order valence-electron chi connectivity index (χ0n) is 13.5. The zero-order valence-corrected chi connectivity index (χ0v) is 13.5. The minimum absolute atomic E-state index is 0.167. The molecule has 3 heteroatoms.